The van der Waals surface area contributed by atoms with E-state index in [4.69, 9.17) is 4.99 Å². The maximum absolute atomic E-state index is 12.1. The van der Waals surface area contributed by atoms with E-state index < -0.39 is 10.0 Å². The van der Waals surface area contributed by atoms with Crippen LogP contribution in [-0.2, 0) is 16.4 Å². The van der Waals surface area contributed by atoms with Gasteiger partial charge in [-0.1, -0.05) is 30.7 Å². The summed E-state index contributed by atoms with van der Waals surface area (Å²) in [5.41, 5.74) is 4.40. The van der Waals surface area contributed by atoms with E-state index in [1.807, 2.05) is 6.07 Å². The SMILES string of the molecule is CS(=O)(=O)N1CCCc2cc(C3=CSC4=N[C@H]5CCCC[C@@H]5N34)ccc21. The summed E-state index contributed by atoms with van der Waals surface area (Å²) in [5, 5.41) is 3.36. The zero-order chi connectivity index (χ0) is 17.9. The van der Waals surface area contributed by atoms with Gasteiger partial charge in [0.05, 0.1) is 29.7 Å². The Balaban J connectivity index is 1.49. The van der Waals surface area contributed by atoms with Crippen LogP contribution in [0.2, 0.25) is 0 Å². The highest BCUT2D eigenvalue weighted by Crippen LogP contribution is 2.44. The van der Waals surface area contributed by atoms with Crippen LogP contribution in [0, 0.1) is 0 Å². The number of hydrogen-bond acceptors (Lipinski definition) is 5. The number of amidine groups is 1. The Morgan fingerprint density at radius 2 is 2.04 bits per heavy atom. The van der Waals surface area contributed by atoms with E-state index >= 15 is 0 Å². The molecule has 0 bridgehead atoms. The first kappa shape index (κ1) is 16.7. The third kappa shape index (κ3) is 2.59. The molecule has 0 unspecified atom stereocenters. The molecule has 0 saturated heterocycles. The van der Waals surface area contributed by atoms with Gasteiger partial charge in [0, 0.05) is 12.0 Å². The number of nitrogens with zero attached hydrogens (tertiary/aromatic N) is 3. The lowest BCUT2D eigenvalue weighted by Gasteiger charge is -2.33. The highest BCUT2D eigenvalue weighted by atomic mass is 32.2. The summed E-state index contributed by atoms with van der Waals surface area (Å²) >= 11 is 1.73. The van der Waals surface area contributed by atoms with Gasteiger partial charge in [0.2, 0.25) is 10.0 Å². The van der Waals surface area contributed by atoms with E-state index in [1.54, 1.807) is 16.1 Å². The third-order valence-electron chi connectivity index (χ3n) is 5.90. The summed E-state index contributed by atoms with van der Waals surface area (Å²) in [6.45, 7) is 0.580. The Hall–Kier alpha value is -1.47. The number of hydrogen-bond donors (Lipinski definition) is 0. The van der Waals surface area contributed by atoms with Gasteiger partial charge < -0.3 is 4.90 Å². The van der Waals surface area contributed by atoms with Gasteiger partial charge in [0.1, 0.15) is 0 Å². The minimum Gasteiger partial charge on any atom is -0.315 e. The summed E-state index contributed by atoms with van der Waals surface area (Å²) in [6, 6.07) is 7.21. The second-order valence-electron chi connectivity index (χ2n) is 7.60. The molecule has 5 nitrogen and oxygen atoms in total. The highest BCUT2D eigenvalue weighted by Gasteiger charge is 2.42. The number of anilines is 1. The maximum atomic E-state index is 12.1. The summed E-state index contributed by atoms with van der Waals surface area (Å²) in [5.74, 6) is 0. The molecule has 0 N–H and O–H groups in total. The monoisotopic (exact) mass is 389 g/mol. The number of rotatable bonds is 2. The average molecular weight is 390 g/mol. The second-order valence-corrected chi connectivity index (χ2v) is 10.3. The summed E-state index contributed by atoms with van der Waals surface area (Å²) < 4.78 is 25.7. The second kappa shape index (κ2) is 6.02. The third-order valence-corrected chi connectivity index (χ3v) is 7.93. The topological polar surface area (TPSA) is 53.0 Å². The number of thioether (sulfide) groups is 1. The smallest absolute Gasteiger partial charge is 0.232 e. The van der Waals surface area contributed by atoms with Crippen LogP contribution >= 0.6 is 11.8 Å². The molecule has 1 saturated carbocycles. The fraction of sp³-hybridized carbons (Fsp3) is 0.526. The first-order valence-electron chi connectivity index (χ1n) is 9.37. The van der Waals surface area contributed by atoms with Crippen molar-refractivity contribution in [1.82, 2.24) is 4.90 Å². The van der Waals surface area contributed by atoms with Crippen molar-refractivity contribution in [2.24, 2.45) is 4.99 Å². The molecule has 5 rings (SSSR count). The van der Waals surface area contributed by atoms with Gasteiger partial charge in [0.15, 0.2) is 5.17 Å². The number of fused-ring (bicyclic) bond motifs is 4. The number of aryl methyl sites for hydroxylation is 1. The fourth-order valence-corrected chi connectivity index (χ4v) is 6.70. The minimum atomic E-state index is -3.22. The maximum Gasteiger partial charge on any atom is 0.232 e. The van der Waals surface area contributed by atoms with Crippen molar-refractivity contribution in [2.45, 2.75) is 50.6 Å². The van der Waals surface area contributed by atoms with Crippen molar-refractivity contribution in [3.63, 3.8) is 0 Å². The quantitative estimate of drug-likeness (QED) is 0.778. The van der Waals surface area contributed by atoms with Gasteiger partial charge in [-0.25, -0.2) is 8.42 Å². The molecule has 1 fully saturated rings. The predicted molar refractivity (Wildman–Crippen MR) is 108 cm³/mol. The van der Waals surface area contributed by atoms with E-state index in [-0.39, 0.29) is 0 Å². The lowest BCUT2D eigenvalue weighted by Crippen LogP contribution is -2.38. The molecule has 0 radical (unpaired) electrons. The molecule has 0 spiro atoms. The van der Waals surface area contributed by atoms with Crippen LogP contribution in [0.5, 0.6) is 0 Å². The molecule has 26 heavy (non-hydrogen) atoms. The molecule has 0 amide bonds. The Morgan fingerprint density at radius 1 is 1.19 bits per heavy atom. The van der Waals surface area contributed by atoms with Crippen LogP contribution in [0.3, 0.4) is 0 Å². The summed E-state index contributed by atoms with van der Waals surface area (Å²) in [7, 11) is -3.22. The predicted octanol–water partition coefficient (Wildman–Crippen LogP) is 3.43. The van der Waals surface area contributed by atoms with E-state index in [0.29, 0.717) is 18.6 Å². The Bertz CT molecular complexity index is 923. The largest absolute Gasteiger partial charge is 0.315 e. The Labute approximate surface area is 159 Å². The van der Waals surface area contributed by atoms with Gasteiger partial charge in [0.25, 0.3) is 0 Å². The number of aliphatic imine (C=N–C) groups is 1. The minimum absolute atomic E-state index is 0.452. The van der Waals surface area contributed by atoms with Gasteiger partial charge in [-0.3, -0.25) is 9.30 Å². The van der Waals surface area contributed by atoms with Crippen LogP contribution < -0.4 is 4.31 Å². The zero-order valence-corrected chi connectivity index (χ0v) is 16.5. The molecule has 1 aromatic rings. The van der Waals surface area contributed by atoms with Crippen LogP contribution in [0.15, 0.2) is 28.6 Å². The highest BCUT2D eigenvalue weighted by molar-refractivity contribution is 8.16. The zero-order valence-electron chi connectivity index (χ0n) is 14.9. The van der Waals surface area contributed by atoms with E-state index in [1.165, 1.54) is 43.2 Å². The standard InChI is InChI=1S/C19H23N3O2S2/c1-26(23,24)21-10-4-5-13-11-14(8-9-16(13)21)18-12-25-19-20-15-6-2-3-7-17(15)22(18)19/h8-9,11-12,15,17H,2-7,10H2,1H3/t15-,17-/m0/s1. The molecule has 3 aliphatic heterocycles. The molecule has 138 valence electrons. The molecule has 0 aromatic heterocycles. The van der Waals surface area contributed by atoms with Crippen LogP contribution in [0.25, 0.3) is 5.70 Å². The van der Waals surface area contributed by atoms with E-state index in [9.17, 15) is 8.42 Å². The van der Waals surface area contributed by atoms with Crippen molar-refractivity contribution in [2.75, 3.05) is 17.1 Å². The molecule has 7 heteroatoms. The first-order valence-corrected chi connectivity index (χ1v) is 12.1. The Morgan fingerprint density at radius 3 is 2.88 bits per heavy atom. The van der Waals surface area contributed by atoms with Crippen LogP contribution in [0.4, 0.5) is 5.69 Å². The van der Waals surface area contributed by atoms with Gasteiger partial charge in [-0.2, -0.15) is 0 Å². The van der Waals surface area contributed by atoms with Gasteiger partial charge >= 0.3 is 0 Å². The number of benzene rings is 1. The van der Waals surface area contributed by atoms with Gasteiger partial charge in [-0.15, -0.1) is 0 Å². The van der Waals surface area contributed by atoms with Crippen LogP contribution in [-0.4, -0.2) is 43.4 Å². The summed E-state index contributed by atoms with van der Waals surface area (Å²) in [4.78, 5) is 7.38. The fourth-order valence-electron chi connectivity index (χ4n) is 4.70. The lowest BCUT2D eigenvalue weighted by atomic mass is 9.90. The summed E-state index contributed by atoms with van der Waals surface area (Å²) in [6.07, 6.45) is 8.08. The Kier molecular flexibility index (Phi) is 3.87. The van der Waals surface area contributed by atoms with E-state index in [2.05, 4.69) is 22.4 Å². The van der Waals surface area contributed by atoms with Crippen LogP contribution in [0.1, 0.15) is 43.2 Å². The molecule has 3 heterocycles. The van der Waals surface area contributed by atoms with Crippen molar-refractivity contribution >= 4 is 38.3 Å². The van der Waals surface area contributed by atoms with Crippen molar-refractivity contribution in [3.8, 4) is 0 Å². The van der Waals surface area contributed by atoms with E-state index in [0.717, 1.165) is 29.3 Å². The molecule has 2 atom stereocenters. The molecule has 1 aromatic carbocycles. The van der Waals surface area contributed by atoms with Crippen molar-refractivity contribution in [1.29, 1.82) is 0 Å². The molecular weight excluding hydrogens is 366 g/mol. The lowest BCUT2D eigenvalue weighted by molar-refractivity contribution is 0.305. The molecule has 1 aliphatic carbocycles. The van der Waals surface area contributed by atoms with Crippen molar-refractivity contribution < 1.29 is 8.42 Å². The average Bonchev–Trinajstić information content (AvgIpc) is 3.19. The molecule has 4 aliphatic rings. The first-order chi connectivity index (χ1) is 12.5. The number of sulfonamides is 1. The molecular formula is C19H23N3O2S2. The normalized spacial score (nSPS) is 27.6. The van der Waals surface area contributed by atoms with Gasteiger partial charge in [-0.05, 0) is 48.9 Å². The van der Waals surface area contributed by atoms with Crippen molar-refractivity contribution in [3.05, 3.63) is 34.7 Å².